The van der Waals surface area contributed by atoms with Crippen molar-refractivity contribution in [1.82, 2.24) is 5.32 Å². The molecule has 148 valence electrons. The number of rotatable bonds is 5. The summed E-state index contributed by atoms with van der Waals surface area (Å²) < 4.78 is 24.3. The summed E-state index contributed by atoms with van der Waals surface area (Å²) in [6.45, 7) is 17.3. The molecule has 0 bridgehead atoms. The molecule has 0 amide bonds. The van der Waals surface area contributed by atoms with Crippen LogP contribution in [0.3, 0.4) is 0 Å². The van der Waals surface area contributed by atoms with Crippen LogP contribution in [0.5, 0.6) is 0 Å². The third-order valence-electron chi connectivity index (χ3n) is 4.45. The number of hydrogen-bond donors (Lipinski definition) is 2. The van der Waals surface area contributed by atoms with E-state index in [-0.39, 0.29) is 48.1 Å². The van der Waals surface area contributed by atoms with Gasteiger partial charge in [-0.25, -0.2) is 0 Å². The van der Waals surface area contributed by atoms with Crippen molar-refractivity contribution in [2.45, 2.75) is 96.7 Å². The van der Waals surface area contributed by atoms with Crippen LogP contribution >= 0.6 is 0 Å². The van der Waals surface area contributed by atoms with Gasteiger partial charge in [0.2, 0.25) is 0 Å². The monoisotopic (exact) mass is 359 g/mol. The highest BCUT2D eigenvalue weighted by Gasteiger charge is 2.49. The first-order chi connectivity index (χ1) is 11.3. The number of aliphatic hydroxyl groups is 1. The molecule has 0 aromatic rings. The van der Waals surface area contributed by atoms with Gasteiger partial charge in [-0.05, 0) is 55.4 Å². The van der Waals surface area contributed by atoms with Gasteiger partial charge in [0.05, 0.1) is 36.6 Å². The molecule has 25 heavy (non-hydrogen) atoms. The fourth-order valence-electron chi connectivity index (χ4n) is 3.62. The van der Waals surface area contributed by atoms with E-state index < -0.39 is 5.79 Å². The zero-order valence-electron chi connectivity index (χ0n) is 17.1. The van der Waals surface area contributed by atoms with E-state index in [2.05, 4.69) is 26.1 Å². The van der Waals surface area contributed by atoms with Crippen molar-refractivity contribution >= 4 is 0 Å². The maximum atomic E-state index is 10.1. The van der Waals surface area contributed by atoms with Crippen LogP contribution in [0.4, 0.5) is 0 Å². The smallest absolute Gasteiger partial charge is 0.163 e. The van der Waals surface area contributed by atoms with E-state index in [9.17, 15) is 5.11 Å². The summed E-state index contributed by atoms with van der Waals surface area (Å²) in [4.78, 5) is 0. The Labute approximate surface area is 152 Å². The molecule has 2 aliphatic heterocycles. The van der Waals surface area contributed by atoms with Crippen LogP contribution < -0.4 is 5.32 Å². The van der Waals surface area contributed by atoms with E-state index in [1.165, 1.54) is 0 Å². The molecule has 2 N–H and O–H groups in total. The number of hydrogen-bond acceptors (Lipinski definition) is 6. The Kier molecular flexibility index (Phi) is 6.24. The molecule has 0 saturated carbocycles. The van der Waals surface area contributed by atoms with Crippen molar-refractivity contribution in [3.63, 3.8) is 0 Å². The average Bonchev–Trinajstić information content (AvgIpc) is 2.93. The Hall–Kier alpha value is -0.240. The number of ether oxygens (including phenoxy) is 4. The maximum absolute atomic E-state index is 10.1. The molecule has 6 heteroatoms. The molecule has 2 heterocycles. The largest absolute Gasteiger partial charge is 0.396 e. The van der Waals surface area contributed by atoms with E-state index in [1.54, 1.807) is 0 Å². The first-order valence-corrected chi connectivity index (χ1v) is 9.33. The van der Waals surface area contributed by atoms with Crippen LogP contribution in [0.2, 0.25) is 0 Å². The average molecular weight is 360 g/mol. The molecule has 2 rings (SSSR count). The zero-order valence-corrected chi connectivity index (χ0v) is 17.1. The topological polar surface area (TPSA) is 69.2 Å². The summed E-state index contributed by atoms with van der Waals surface area (Å²) >= 11 is 0. The lowest BCUT2D eigenvalue weighted by atomic mass is 9.90. The Bertz CT molecular complexity index is 440. The van der Waals surface area contributed by atoms with Gasteiger partial charge in [-0.1, -0.05) is 0 Å². The normalized spacial score (nSPS) is 34.4. The zero-order chi connectivity index (χ0) is 19.0. The molecular weight excluding hydrogens is 322 g/mol. The predicted molar refractivity (Wildman–Crippen MR) is 96.5 cm³/mol. The second kappa shape index (κ2) is 7.41. The van der Waals surface area contributed by atoms with Crippen LogP contribution in [0.1, 0.15) is 55.4 Å². The molecule has 2 saturated heterocycles. The van der Waals surface area contributed by atoms with E-state index in [4.69, 9.17) is 18.9 Å². The minimum Gasteiger partial charge on any atom is -0.396 e. The summed E-state index contributed by atoms with van der Waals surface area (Å²) in [7, 11) is 0. The molecule has 0 unspecified atom stereocenters. The Morgan fingerprint density at radius 1 is 1.12 bits per heavy atom. The Morgan fingerprint density at radius 2 is 1.72 bits per heavy atom. The van der Waals surface area contributed by atoms with Crippen LogP contribution in [-0.2, 0) is 18.9 Å². The Balaban J connectivity index is 2.18. The van der Waals surface area contributed by atoms with Gasteiger partial charge in [-0.3, -0.25) is 0 Å². The molecule has 6 nitrogen and oxygen atoms in total. The number of aliphatic hydroxyl groups excluding tert-OH is 1. The minimum atomic E-state index is -0.613. The van der Waals surface area contributed by atoms with E-state index >= 15 is 0 Å². The van der Waals surface area contributed by atoms with Gasteiger partial charge in [-0.15, -0.1) is 0 Å². The molecule has 0 aliphatic carbocycles. The van der Waals surface area contributed by atoms with Gasteiger partial charge < -0.3 is 29.4 Å². The molecule has 2 fully saturated rings. The van der Waals surface area contributed by atoms with Gasteiger partial charge in [0, 0.05) is 18.5 Å². The van der Waals surface area contributed by atoms with Gasteiger partial charge in [-0.2, -0.15) is 0 Å². The second-order valence-electron chi connectivity index (χ2n) is 9.61. The number of nitrogens with one attached hydrogen (secondary N) is 1. The lowest BCUT2D eigenvalue weighted by molar-refractivity contribution is -0.168. The minimum absolute atomic E-state index is 0.00795. The lowest BCUT2D eigenvalue weighted by Crippen LogP contribution is -2.51. The van der Waals surface area contributed by atoms with Crippen molar-refractivity contribution in [3.8, 4) is 0 Å². The molecular formula is C19H37NO5. The maximum Gasteiger partial charge on any atom is 0.163 e. The van der Waals surface area contributed by atoms with Crippen molar-refractivity contribution in [2.75, 3.05) is 19.8 Å². The third kappa shape index (κ3) is 5.88. The van der Waals surface area contributed by atoms with Gasteiger partial charge >= 0.3 is 0 Å². The third-order valence-corrected chi connectivity index (χ3v) is 4.45. The van der Waals surface area contributed by atoms with Crippen LogP contribution in [-0.4, -0.2) is 66.2 Å². The molecule has 0 aromatic carbocycles. The highest BCUT2D eigenvalue weighted by molar-refractivity contribution is 5.01. The summed E-state index contributed by atoms with van der Waals surface area (Å²) in [5.74, 6) is -0.735. The van der Waals surface area contributed by atoms with Crippen molar-refractivity contribution in [2.24, 2.45) is 5.92 Å². The van der Waals surface area contributed by atoms with Crippen molar-refractivity contribution in [3.05, 3.63) is 0 Å². The van der Waals surface area contributed by atoms with Gasteiger partial charge in [0.25, 0.3) is 0 Å². The van der Waals surface area contributed by atoms with Crippen LogP contribution in [0.15, 0.2) is 0 Å². The standard InChI is InChI=1S/C19H37NO5/c1-17(2,3)23-13-9-20-15(16(13)25-18(4,5)6)12(10-21)14-11-22-19(7,8)24-14/h12-16,20-21H,9-11H2,1-8H3/t12-,13-,14+,15-,16+/m0/s1. The summed E-state index contributed by atoms with van der Waals surface area (Å²) in [6.07, 6.45) is -0.408. The lowest BCUT2D eigenvalue weighted by Gasteiger charge is -2.37. The molecule has 2 aliphatic rings. The van der Waals surface area contributed by atoms with Gasteiger partial charge in [0.1, 0.15) is 6.10 Å². The van der Waals surface area contributed by atoms with Crippen molar-refractivity contribution < 1.29 is 24.1 Å². The molecule has 0 radical (unpaired) electrons. The fraction of sp³-hybridized carbons (Fsp3) is 1.00. The SMILES string of the molecule is CC(C)(C)O[C@H]1[C@H]([C@@H](CO)[C@H]2COC(C)(C)O2)NC[C@@H]1OC(C)(C)C. The van der Waals surface area contributed by atoms with Gasteiger partial charge in [0.15, 0.2) is 5.79 Å². The van der Waals surface area contributed by atoms with E-state index in [0.717, 1.165) is 0 Å². The van der Waals surface area contributed by atoms with Crippen molar-refractivity contribution in [1.29, 1.82) is 0 Å². The first-order valence-electron chi connectivity index (χ1n) is 9.33. The highest BCUT2D eigenvalue weighted by Crippen LogP contribution is 2.34. The highest BCUT2D eigenvalue weighted by atomic mass is 16.7. The summed E-state index contributed by atoms with van der Waals surface area (Å²) in [5.41, 5.74) is -0.564. The quantitative estimate of drug-likeness (QED) is 0.783. The molecule has 5 atom stereocenters. The summed E-state index contributed by atoms with van der Waals surface area (Å²) in [5, 5.41) is 13.6. The van der Waals surface area contributed by atoms with Crippen LogP contribution in [0, 0.1) is 5.92 Å². The van der Waals surface area contributed by atoms with E-state index in [0.29, 0.717) is 13.2 Å². The Morgan fingerprint density at radius 3 is 2.16 bits per heavy atom. The predicted octanol–water partition coefficient (Wildman–Crippen LogP) is 2.09. The summed E-state index contributed by atoms with van der Waals surface area (Å²) in [6, 6.07) is -0.0564. The first kappa shape index (κ1) is 21.1. The van der Waals surface area contributed by atoms with E-state index in [1.807, 2.05) is 34.6 Å². The van der Waals surface area contributed by atoms with Crippen LogP contribution in [0.25, 0.3) is 0 Å². The second-order valence-corrected chi connectivity index (χ2v) is 9.61. The fourth-order valence-corrected chi connectivity index (χ4v) is 3.62. The molecule has 0 spiro atoms. The molecule has 0 aromatic heterocycles.